The monoisotopic (exact) mass is 253 g/mol. The van der Waals surface area contributed by atoms with Crippen LogP contribution in [0, 0.1) is 17.8 Å². The van der Waals surface area contributed by atoms with E-state index in [2.05, 4.69) is 39.9 Å². The van der Waals surface area contributed by atoms with E-state index in [9.17, 15) is 0 Å². The van der Waals surface area contributed by atoms with Gasteiger partial charge in [0.1, 0.15) is 0 Å². The highest BCUT2D eigenvalue weighted by Crippen LogP contribution is 2.35. The van der Waals surface area contributed by atoms with Crippen LogP contribution in [0.2, 0.25) is 0 Å². The van der Waals surface area contributed by atoms with E-state index in [0.717, 1.165) is 17.8 Å². The summed E-state index contributed by atoms with van der Waals surface area (Å²) in [6, 6.07) is 0. The minimum atomic E-state index is 0.275. The highest BCUT2D eigenvalue weighted by molar-refractivity contribution is 4.81. The normalized spacial score (nSPS) is 27.2. The molecular formula is C17H35N. The number of nitrogens with one attached hydrogen (secondary N) is 1. The molecule has 1 aliphatic carbocycles. The molecule has 0 heterocycles. The van der Waals surface area contributed by atoms with Crippen molar-refractivity contribution in [1.82, 2.24) is 5.32 Å². The van der Waals surface area contributed by atoms with Gasteiger partial charge in [-0.25, -0.2) is 0 Å². The molecule has 18 heavy (non-hydrogen) atoms. The maximum Gasteiger partial charge on any atom is 0.00966 e. The van der Waals surface area contributed by atoms with Gasteiger partial charge in [0, 0.05) is 5.54 Å². The van der Waals surface area contributed by atoms with Crippen molar-refractivity contribution in [3.05, 3.63) is 0 Å². The zero-order valence-electron chi connectivity index (χ0n) is 13.4. The first-order chi connectivity index (χ1) is 8.42. The van der Waals surface area contributed by atoms with Crippen LogP contribution in [0.3, 0.4) is 0 Å². The van der Waals surface area contributed by atoms with Crippen molar-refractivity contribution < 1.29 is 0 Å². The molecule has 3 unspecified atom stereocenters. The van der Waals surface area contributed by atoms with E-state index >= 15 is 0 Å². The van der Waals surface area contributed by atoms with Gasteiger partial charge >= 0.3 is 0 Å². The first-order valence-corrected chi connectivity index (χ1v) is 8.17. The van der Waals surface area contributed by atoms with E-state index in [1.165, 1.54) is 51.5 Å². The second-order valence-electron chi connectivity index (χ2n) is 7.57. The maximum atomic E-state index is 3.73. The molecule has 0 radical (unpaired) electrons. The van der Waals surface area contributed by atoms with E-state index in [-0.39, 0.29) is 5.54 Å². The SMILES string of the molecule is CCCC(C)CC1CCCCC1CNC(C)(C)C. The molecule has 1 nitrogen and oxygen atoms in total. The second kappa shape index (κ2) is 7.53. The first-order valence-electron chi connectivity index (χ1n) is 8.17. The minimum absolute atomic E-state index is 0.275. The summed E-state index contributed by atoms with van der Waals surface area (Å²) in [4.78, 5) is 0. The fourth-order valence-corrected chi connectivity index (χ4v) is 3.43. The first kappa shape index (κ1) is 16.0. The zero-order valence-corrected chi connectivity index (χ0v) is 13.4. The van der Waals surface area contributed by atoms with Gasteiger partial charge in [-0.15, -0.1) is 0 Å². The van der Waals surface area contributed by atoms with Crippen LogP contribution in [0.1, 0.15) is 79.6 Å². The lowest BCUT2D eigenvalue weighted by Crippen LogP contribution is -2.41. The van der Waals surface area contributed by atoms with Crippen LogP contribution in [0.25, 0.3) is 0 Å². The van der Waals surface area contributed by atoms with Crippen molar-refractivity contribution in [1.29, 1.82) is 0 Å². The zero-order chi connectivity index (χ0) is 13.6. The molecule has 0 aromatic heterocycles. The molecule has 0 aliphatic heterocycles. The molecule has 1 aliphatic rings. The van der Waals surface area contributed by atoms with Crippen molar-refractivity contribution >= 4 is 0 Å². The van der Waals surface area contributed by atoms with Gasteiger partial charge < -0.3 is 5.32 Å². The van der Waals surface area contributed by atoms with Gasteiger partial charge in [-0.3, -0.25) is 0 Å². The molecule has 1 rings (SSSR count). The van der Waals surface area contributed by atoms with Crippen molar-refractivity contribution in [2.45, 2.75) is 85.1 Å². The van der Waals surface area contributed by atoms with Crippen LogP contribution in [0.5, 0.6) is 0 Å². The topological polar surface area (TPSA) is 12.0 Å². The fraction of sp³-hybridized carbons (Fsp3) is 1.00. The Kier molecular flexibility index (Phi) is 6.70. The third-order valence-corrected chi connectivity index (χ3v) is 4.45. The Hall–Kier alpha value is -0.0400. The van der Waals surface area contributed by atoms with Gasteiger partial charge in [0.05, 0.1) is 0 Å². The molecule has 1 fully saturated rings. The van der Waals surface area contributed by atoms with E-state index in [0.29, 0.717) is 0 Å². The molecule has 0 aromatic carbocycles. The summed E-state index contributed by atoms with van der Waals surface area (Å²) in [5.74, 6) is 2.84. The summed E-state index contributed by atoms with van der Waals surface area (Å²) < 4.78 is 0. The number of hydrogen-bond acceptors (Lipinski definition) is 1. The third-order valence-electron chi connectivity index (χ3n) is 4.45. The molecule has 3 atom stereocenters. The number of hydrogen-bond donors (Lipinski definition) is 1. The summed E-state index contributed by atoms with van der Waals surface area (Å²) in [7, 11) is 0. The van der Waals surface area contributed by atoms with Gasteiger partial charge in [0.15, 0.2) is 0 Å². The van der Waals surface area contributed by atoms with Gasteiger partial charge in [-0.05, 0) is 57.9 Å². The molecule has 0 bridgehead atoms. The van der Waals surface area contributed by atoms with E-state index in [4.69, 9.17) is 0 Å². The van der Waals surface area contributed by atoms with Crippen LogP contribution in [0.4, 0.5) is 0 Å². The lowest BCUT2D eigenvalue weighted by Gasteiger charge is -2.35. The average molecular weight is 253 g/mol. The van der Waals surface area contributed by atoms with Gasteiger partial charge in [0.25, 0.3) is 0 Å². The average Bonchev–Trinajstić information content (AvgIpc) is 2.27. The highest BCUT2D eigenvalue weighted by Gasteiger charge is 2.27. The standard InChI is InChI=1S/C17H35N/c1-6-9-14(2)12-15-10-7-8-11-16(15)13-18-17(3,4)5/h14-16,18H,6-13H2,1-5H3. The second-order valence-corrected chi connectivity index (χ2v) is 7.57. The van der Waals surface area contributed by atoms with E-state index < -0.39 is 0 Å². The molecule has 0 aromatic rings. The maximum absolute atomic E-state index is 3.73. The van der Waals surface area contributed by atoms with Crippen molar-refractivity contribution in [2.75, 3.05) is 6.54 Å². The Balaban J connectivity index is 2.41. The van der Waals surface area contributed by atoms with Gasteiger partial charge in [0.2, 0.25) is 0 Å². The largest absolute Gasteiger partial charge is 0.312 e. The lowest BCUT2D eigenvalue weighted by atomic mass is 9.74. The van der Waals surface area contributed by atoms with Gasteiger partial charge in [-0.1, -0.05) is 46.0 Å². The Bertz CT molecular complexity index is 216. The van der Waals surface area contributed by atoms with Crippen molar-refractivity contribution in [2.24, 2.45) is 17.8 Å². The smallest absolute Gasteiger partial charge is 0.00966 e. The predicted octanol–water partition coefficient (Wildman–Crippen LogP) is 5.01. The predicted molar refractivity (Wildman–Crippen MR) is 81.9 cm³/mol. The van der Waals surface area contributed by atoms with Crippen molar-refractivity contribution in [3.63, 3.8) is 0 Å². The summed E-state index contributed by atoms with van der Waals surface area (Å²) in [5, 5.41) is 3.73. The van der Waals surface area contributed by atoms with Crippen LogP contribution >= 0.6 is 0 Å². The Morgan fingerprint density at radius 3 is 2.28 bits per heavy atom. The summed E-state index contributed by atoms with van der Waals surface area (Å²) in [5.41, 5.74) is 0.275. The summed E-state index contributed by atoms with van der Waals surface area (Å²) in [6.45, 7) is 12.8. The molecule has 0 saturated heterocycles. The van der Waals surface area contributed by atoms with Crippen molar-refractivity contribution in [3.8, 4) is 0 Å². The highest BCUT2D eigenvalue weighted by atomic mass is 14.9. The fourth-order valence-electron chi connectivity index (χ4n) is 3.43. The third kappa shape index (κ3) is 6.22. The molecule has 108 valence electrons. The Labute approximate surface area is 115 Å². The van der Waals surface area contributed by atoms with Crippen LogP contribution in [-0.4, -0.2) is 12.1 Å². The minimum Gasteiger partial charge on any atom is -0.312 e. The van der Waals surface area contributed by atoms with E-state index in [1.807, 2.05) is 0 Å². The van der Waals surface area contributed by atoms with Crippen LogP contribution in [-0.2, 0) is 0 Å². The molecule has 1 saturated carbocycles. The molecular weight excluding hydrogens is 218 g/mol. The summed E-state index contributed by atoms with van der Waals surface area (Å²) >= 11 is 0. The summed E-state index contributed by atoms with van der Waals surface area (Å²) in [6.07, 6.45) is 10.1. The molecule has 0 amide bonds. The molecule has 1 N–H and O–H groups in total. The van der Waals surface area contributed by atoms with Gasteiger partial charge in [-0.2, -0.15) is 0 Å². The van der Waals surface area contributed by atoms with E-state index in [1.54, 1.807) is 0 Å². The Morgan fingerprint density at radius 2 is 1.72 bits per heavy atom. The quantitative estimate of drug-likeness (QED) is 0.702. The number of rotatable bonds is 6. The Morgan fingerprint density at radius 1 is 1.11 bits per heavy atom. The van der Waals surface area contributed by atoms with Crippen LogP contribution in [0.15, 0.2) is 0 Å². The molecule has 0 spiro atoms. The molecule has 1 heteroatoms. The lowest BCUT2D eigenvalue weighted by molar-refractivity contribution is 0.182. The van der Waals surface area contributed by atoms with Crippen LogP contribution < -0.4 is 5.32 Å².